The second-order valence-corrected chi connectivity index (χ2v) is 2.34. The van der Waals surface area contributed by atoms with Crippen molar-refractivity contribution in [2.45, 2.75) is 12.8 Å². The third-order valence-corrected chi connectivity index (χ3v) is 0.702. The second kappa shape index (κ2) is 24.0. The molecule has 20 heavy (non-hydrogen) atoms. The van der Waals surface area contributed by atoms with Gasteiger partial charge in [0.15, 0.2) is 0 Å². The molecule has 112 valence electrons. The Morgan fingerprint density at radius 3 is 0.800 bits per heavy atom. The van der Waals surface area contributed by atoms with Gasteiger partial charge in [0, 0.05) is 36.7 Å². The molecular weight excluding hydrogens is 350 g/mol. The Hall–Kier alpha value is -0.0571. The van der Waals surface area contributed by atoms with Gasteiger partial charge in [0.2, 0.25) is 0 Å². The molecule has 0 fully saturated rings. The zero-order chi connectivity index (χ0) is 15.1. The zero-order valence-corrected chi connectivity index (χ0v) is 14.6. The van der Waals surface area contributed by atoms with E-state index in [0.29, 0.717) is 0 Å². The van der Waals surface area contributed by atoms with E-state index in [1.807, 2.05) is 0 Å². The van der Waals surface area contributed by atoms with Gasteiger partial charge in [-0.25, -0.2) is 0 Å². The van der Waals surface area contributed by atoms with Crippen LogP contribution in [-0.2, 0) is 36.0 Å². The molecule has 0 saturated carbocycles. The third kappa shape index (κ3) is 64.4. The first-order valence-corrected chi connectivity index (χ1v) is 4.25. The van der Waals surface area contributed by atoms with E-state index in [-0.39, 0.29) is 81.3 Å². The fourth-order valence-electron chi connectivity index (χ4n) is 0.236. The summed E-state index contributed by atoms with van der Waals surface area (Å²) < 4.78 is 0. The Kier molecular flexibility index (Phi) is 38.4. The molecule has 0 rings (SSSR count). The van der Waals surface area contributed by atoms with Crippen molar-refractivity contribution in [1.82, 2.24) is 0 Å². The molecule has 0 aliphatic heterocycles. The molecule has 0 aromatic carbocycles. The van der Waals surface area contributed by atoms with E-state index in [1.54, 1.807) is 0 Å². The van der Waals surface area contributed by atoms with Crippen molar-refractivity contribution in [2.75, 3.05) is 13.1 Å². The molecule has 0 bridgehead atoms. The van der Waals surface area contributed by atoms with Crippen molar-refractivity contribution in [3.63, 3.8) is 0 Å². The summed E-state index contributed by atoms with van der Waals surface area (Å²) >= 11 is 0. The van der Waals surface area contributed by atoms with Gasteiger partial charge >= 0.3 is 68.2 Å². The van der Waals surface area contributed by atoms with Crippen molar-refractivity contribution in [3.05, 3.63) is 11.5 Å². The van der Waals surface area contributed by atoms with E-state index in [9.17, 15) is 39.6 Å². The number of carboxylic acid groups (broad SMARTS) is 4. The van der Waals surface area contributed by atoms with Crippen LogP contribution < -0.4 is 71.8 Å². The van der Waals surface area contributed by atoms with Crippen LogP contribution in [0.1, 0.15) is 12.8 Å². The molecule has 0 spiro atoms. The Morgan fingerprint density at radius 1 is 0.650 bits per heavy atom. The quantitative estimate of drug-likeness (QED) is 0.338. The molecule has 0 unspecified atom stereocenters. The molecule has 0 aliphatic carbocycles. The summed E-state index contributed by atoms with van der Waals surface area (Å²) in [4.78, 5) is 37.1. The topological polar surface area (TPSA) is 208 Å². The molecule has 0 saturated heterocycles. The van der Waals surface area contributed by atoms with Gasteiger partial charge < -0.3 is 51.1 Å². The van der Waals surface area contributed by atoms with Gasteiger partial charge in [-0.2, -0.15) is 13.1 Å². The van der Waals surface area contributed by atoms with Crippen LogP contribution in [0.4, 0.5) is 0 Å². The normalized spacial score (nSPS) is 7.10. The van der Waals surface area contributed by atoms with Crippen molar-refractivity contribution in [1.29, 1.82) is 0 Å². The van der Waals surface area contributed by atoms with E-state index >= 15 is 0 Å². The molecule has 0 atom stereocenters. The van der Waals surface area contributed by atoms with Crippen LogP contribution in [0.5, 0.6) is 0 Å². The van der Waals surface area contributed by atoms with Crippen molar-refractivity contribution < 1.29 is 108 Å². The van der Waals surface area contributed by atoms with Crippen molar-refractivity contribution in [2.24, 2.45) is 0 Å². The molecule has 12 heteroatoms. The summed E-state index contributed by atoms with van der Waals surface area (Å²) in [6, 6.07) is 0. The summed E-state index contributed by atoms with van der Waals surface area (Å²) in [5.74, 6) is -6.50. The monoisotopic (exact) mass is 360 g/mol. The summed E-state index contributed by atoms with van der Waals surface area (Å²) in [7, 11) is 0. The Bertz CT molecular complexity index is 238. The van der Waals surface area contributed by atoms with Gasteiger partial charge in [-0.3, -0.25) is 0 Å². The van der Waals surface area contributed by atoms with Crippen LogP contribution in [0.25, 0.3) is 11.5 Å². The van der Waals surface area contributed by atoms with Crippen LogP contribution in [0, 0.1) is 0 Å². The first kappa shape index (κ1) is 32.0. The number of aliphatic carboxylic acids is 4. The maximum absolute atomic E-state index is 9.28. The molecular formula is C8H10CoKN2O8-2. The zero-order valence-electron chi connectivity index (χ0n) is 10.4. The molecule has 0 aromatic rings. The van der Waals surface area contributed by atoms with Gasteiger partial charge in [0.25, 0.3) is 0 Å². The minimum Gasteiger partial charge on any atom is -0.679 e. The summed E-state index contributed by atoms with van der Waals surface area (Å²) in [6.07, 6.45) is -2.06. The van der Waals surface area contributed by atoms with E-state index in [4.69, 9.17) is 11.5 Å². The fraction of sp³-hybridized carbons (Fsp3) is 0.500. The number of carboxylic acids is 4. The number of nitrogens with one attached hydrogen (secondary N) is 2. The van der Waals surface area contributed by atoms with E-state index < -0.39 is 36.7 Å². The number of carbonyl (C=O) groups excluding carboxylic acids is 4. The third-order valence-electron chi connectivity index (χ3n) is 0.702. The maximum Gasteiger partial charge on any atom is 3.00 e. The van der Waals surface area contributed by atoms with E-state index in [0.717, 1.165) is 0 Å². The van der Waals surface area contributed by atoms with Crippen LogP contribution >= 0.6 is 0 Å². The van der Waals surface area contributed by atoms with Crippen molar-refractivity contribution in [3.8, 4) is 0 Å². The second-order valence-electron chi connectivity index (χ2n) is 2.34. The van der Waals surface area contributed by atoms with Gasteiger partial charge in [-0.15, -0.1) is 0 Å². The standard InChI is InChI=1S/2C3H4O4.C2H6N2.Co.K/c2*4-2(5)1-3(6)7;3-1-2-4;;/h2*1H2,(H,4,5)(H,6,7);3-4H,1-2H2;;/q;;-2;+3;+1/p-4. The average Bonchev–Trinajstić information content (AvgIpc) is 2.14. The average molecular weight is 360 g/mol. The summed E-state index contributed by atoms with van der Waals surface area (Å²) in [5, 5.41) is 37.1. The Morgan fingerprint density at radius 2 is 0.800 bits per heavy atom. The molecule has 0 aromatic heterocycles. The fourth-order valence-corrected chi connectivity index (χ4v) is 0.236. The van der Waals surface area contributed by atoms with Crippen LogP contribution in [0.15, 0.2) is 0 Å². The molecule has 2 N–H and O–H groups in total. The van der Waals surface area contributed by atoms with Crippen LogP contribution in [-0.4, -0.2) is 37.0 Å². The Labute approximate surface area is 167 Å². The molecule has 10 nitrogen and oxygen atoms in total. The van der Waals surface area contributed by atoms with Gasteiger partial charge in [0.1, 0.15) is 0 Å². The van der Waals surface area contributed by atoms with Gasteiger partial charge in [-0.1, -0.05) is 0 Å². The van der Waals surface area contributed by atoms with Crippen LogP contribution in [0.2, 0.25) is 0 Å². The first-order chi connectivity index (χ1) is 8.17. The molecule has 0 aliphatic rings. The molecule has 0 amide bonds. The van der Waals surface area contributed by atoms with Gasteiger partial charge in [0.05, 0.1) is 0 Å². The smallest absolute Gasteiger partial charge is 0.679 e. The number of carbonyl (C=O) groups is 4. The number of hydrogen-bond acceptors (Lipinski definition) is 8. The van der Waals surface area contributed by atoms with Crippen molar-refractivity contribution >= 4 is 23.9 Å². The molecule has 0 heterocycles. The largest absolute Gasteiger partial charge is 3.00 e. The minimum atomic E-state index is -1.63. The predicted molar refractivity (Wildman–Crippen MR) is 47.6 cm³/mol. The maximum atomic E-state index is 9.28. The SMILES string of the molecule is O=C([O-])CC(=O)[O-].O=C([O-])CC(=O)[O-].[Co+3].[K+].[NH-]CC[NH-]. The summed E-state index contributed by atoms with van der Waals surface area (Å²) in [5.41, 5.74) is 12.5. The Balaban J connectivity index is -0.0000000555. The minimum absolute atomic E-state index is 0. The summed E-state index contributed by atoms with van der Waals surface area (Å²) in [6.45, 7) is 0.472. The van der Waals surface area contributed by atoms with Gasteiger partial charge in [-0.05, 0) is 0 Å². The van der Waals surface area contributed by atoms with E-state index in [2.05, 4.69) is 0 Å². The number of hydrogen-bond donors (Lipinski definition) is 0. The first-order valence-electron chi connectivity index (χ1n) is 4.25. The predicted octanol–water partition coefficient (Wildman–Crippen LogP) is -8.16. The molecule has 0 radical (unpaired) electrons. The van der Waals surface area contributed by atoms with E-state index in [1.165, 1.54) is 0 Å². The number of rotatable bonds is 5. The van der Waals surface area contributed by atoms with Crippen LogP contribution in [0.3, 0.4) is 0 Å².